The van der Waals surface area contributed by atoms with Crippen molar-refractivity contribution in [2.45, 2.75) is 76.7 Å². The molecule has 6 rings (SSSR count). The quantitative estimate of drug-likeness (QED) is 0.347. The van der Waals surface area contributed by atoms with Crippen molar-refractivity contribution >= 4 is 17.4 Å². The van der Waals surface area contributed by atoms with E-state index in [0.717, 1.165) is 49.6 Å². The highest BCUT2D eigenvalue weighted by atomic mass is 16.6. The van der Waals surface area contributed by atoms with Crippen LogP contribution in [-0.4, -0.2) is 59.5 Å². The van der Waals surface area contributed by atoms with E-state index < -0.39 is 17.2 Å². The molecule has 0 radical (unpaired) electrons. The van der Waals surface area contributed by atoms with Gasteiger partial charge in [-0.15, -0.1) is 0 Å². The normalized spacial score (nSPS) is 18.7. The molecule has 5 heterocycles. The minimum atomic E-state index is -0.643. The van der Waals surface area contributed by atoms with Crippen molar-refractivity contribution < 1.29 is 14.3 Å². The van der Waals surface area contributed by atoms with E-state index in [0.29, 0.717) is 29.5 Å². The molecule has 12 heteroatoms. The molecule has 208 valence electrons. The third-order valence-electron chi connectivity index (χ3n) is 7.49. The molecule has 4 aromatic heterocycles. The molecule has 0 spiro atoms. The van der Waals surface area contributed by atoms with E-state index in [-0.39, 0.29) is 6.23 Å². The number of hydrogen-bond donors (Lipinski definition) is 0. The lowest BCUT2D eigenvalue weighted by atomic mass is 9.78. The van der Waals surface area contributed by atoms with E-state index in [1.807, 2.05) is 45.3 Å². The van der Waals surface area contributed by atoms with Crippen LogP contribution in [0.15, 0.2) is 36.9 Å². The molecule has 1 saturated heterocycles. The molecule has 1 aliphatic carbocycles. The molecule has 12 nitrogen and oxygen atoms in total. The minimum absolute atomic E-state index is 0.307. The lowest BCUT2D eigenvalue weighted by molar-refractivity contribution is -0.0384. The van der Waals surface area contributed by atoms with Crippen LogP contribution < -0.4 is 4.90 Å². The molecule has 1 amide bonds. The number of aromatic nitrogens is 7. The molecule has 2 fully saturated rings. The predicted molar refractivity (Wildman–Crippen MR) is 146 cm³/mol. The summed E-state index contributed by atoms with van der Waals surface area (Å²) in [6, 6.07) is 6.15. The van der Waals surface area contributed by atoms with Crippen molar-refractivity contribution in [2.24, 2.45) is 0 Å². The average Bonchev–Trinajstić information content (AvgIpc) is 3.67. The zero-order valence-corrected chi connectivity index (χ0v) is 23.2. The Labute approximate surface area is 232 Å². The lowest BCUT2D eigenvalue weighted by Gasteiger charge is -2.35. The molecule has 1 unspecified atom stereocenters. The number of nitrogens with zero attached hydrogens (tertiary/aromatic N) is 9. The maximum atomic E-state index is 13.0. The van der Waals surface area contributed by atoms with Crippen LogP contribution in [0.25, 0.3) is 28.2 Å². The number of anilines is 1. The van der Waals surface area contributed by atoms with E-state index >= 15 is 0 Å². The van der Waals surface area contributed by atoms with Gasteiger partial charge in [0, 0.05) is 31.5 Å². The van der Waals surface area contributed by atoms with Gasteiger partial charge in [-0.2, -0.15) is 20.6 Å². The summed E-state index contributed by atoms with van der Waals surface area (Å²) in [5.41, 5.74) is 2.19. The minimum Gasteiger partial charge on any atom is -0.443 e. The number of nitriles is 1. The molecule has 1 aliphatic heterocycles. The van der Waals surface area contributed by atoms with Gasteiger partial charge in [0.05, 0.1) is 35.9 Å². The summed E-state index contributed by atoms with van der Waals surface area (Å²) in [7, 11) is 1.67. The predicted octanol–water partition coefficient (Wildman–Crippen LogP) is 4.93. The zero-order chi connectivity index (χ0) is 28.1. The Morgan fingerprint density at radius 1 is 1.20 bits per heavy atom. The Kier molecular flexibility index (Phi) is 6.34. The van der Waals surface area contributed by atoms with Crippen molar-refractivity contribution in [1.82, 2.24) is 34.2 Å². The average molecular weight is 544 g/mol. The second kappa shape index (κ2) is 9.75. The summed E-state index contributed by atoms with van der Waals surface area (Å²) in [6.07, 6.45) is 11.7. The molecule has 0 aromatic carbocycles. The van der Waals surface area contributed by atoms with Crippen molar-refractivity contribution in [3.05, 3.63) is 36.9 Å². The van der Waals surface area contributed by atoms with Gasteiger partial charge in [0.1, 0.15) is 28.3 Å². The fourth-order valence-electron chi connectivity index (χ4n) is 5.16. The van der Waals surface area contributed by atoms with Gasteiger partial charge in [0.25, 0.3) is 0 Å². The van der Waals surface area contributed by atoms with Crippen LogP contribution in [0.3, 0.4) is 0 Å². The second-order valence-electron chi connectivity index (χ2n) is 11.5. The summed E-state index contributed by atoms with van der Waals surface area (Å²) >= 11 is 0. The first-order chi connectivity index (χ1) is 19.2. The number of amides is 1. The van der Waals surface area contributed by atoms with Crippen molar-refractivity contribution in [3.63, 3.8) is 0 Å². The van der Waals surface area contributed by atoms with Crippen LogP contribution in [-0.2, 0) is 15.0 Å². The summed E-state index contributed by atoms with van der Waals surface area (Å²) in [4.78, 5) is 19.5. The van der Waals surface area contributed by atoms with Crippen LogP contribution in [0.4, 0.5) is 10.6 Å². The first-order valence-electron chi connectivity index (χ1n) is 13.7. The summed E-state index contributed by atoms with van der Waals surface area (Å²) < 4.78 is 16.9. The van der Waals surface area contributed by atoms with Crippen molar-refractivity contribution in [2.75, 3.05) is 18.6 Å². The van der Waals surface area contributed by atoms with Crippen LogP contribution >= 0.6 is 0 Å². The number of carbonyl (C=O) groups excluding carboxylic acids is 1. The van der Waals surface area contributed by atoms with Gasteiger partial charge in [-0.05, 0) is 65.4 Å². The van der Waals surface area contributed by atoms with Crippen LogP contribution in [0.1, 0.15) is 65.5 Å². The highest BCUT2D eigenvalue weighted by molar-refractivity contribution is 5.87. The Hall–Kier alpha value is -4.24. The topological polar surface area (TPSA) is 128 Å². The monoisotopic (exact) mass is 543 g/mol. The third-order valence-corrected chi connectivity index (χ3v) is 7.49. The maximum Gasteiger partial charge on any atom is 0.415 e. The first-order valence-corrected chi connectivity index (χ1v) is 13.7. The Bertz CT molecular complexity index is 1590. The molecular formula is C28H33N9O3. The van der Waals surface area contributed by atoms with E-state index in [2.05, 4.69) is 16.3 Å². The SMILES string of the molecule is CN(C(=O)OC(C)(C)C)c1cc(-c2cn3nccc3c(-c3cnn(C4(C#N)CCC4)c3)n2)nn1C1CCCCO1. The Morgan fingerprint density at radius 3 is 2.70 bits per heavy atom. The van der Waals surface area contributed by atoms with Gasteiger partial charge in [0.15, 0.2) is 6.23 Å². The third kappa shape index (κ3) is 4.60. The zero-order valence-electron chi connectivity index (χ0n) is 23.2. The van der Waals surface area contributed by atoms with Crippen LogP contribution in [0, 0.1) is 11.3 Å². The van der Waals surface area contributed by atoms with Crippen LogP contribution in [0.5, 0.6) is 0 Å². The Morgan fingerprint density at radius 2 is 2.02 bits per heavy atom. The molecule has 0 N–H and O–H groups in total. The van der Waals surface area contributed by atoms with E-state index in [1.54, 1.807) is 33.3 Å². The molecule has 1 atom stereocenters. The molecule has 1 saturated carbocycles. The van der Waals surface area contributed by atoms with Crippen molar-refractivity contribution in [1.29, 1.82) is 5.26 Å². The fourth-order valence-corrected chi connectivity index (χ4v) is 5.16. The van der Waals surface area contributed by atoms with Crippen molar-refractivity contribution in [3.8, 4) is 28.7 Å². The van der Waals surface area contributed by atoms with Gasteiger partial charge < -0.3 is 9.47 Å². The Balaban J connectivity index is 1.42. The molecule has 40 heavy (non-hydrogen) atoms. The number of fused-ring (bicyclic) bond motifs is 1. The highest BCUT2D eigenvalue weighted by Gasteiger charge is 2.40. The summed E-state index contributed by atoms with van der Waals surface area (Å²) in [5, 5.41) is 23.7. The van der Waals surface area contributed by atoms with E-state index in [4.69, 9.17) is 19.6 Å². The maximum absolute atomic E-state index is 13.0. The van der Waals surface area contributed by atoms with Gasteiger partial charge in [-0.25, -0.2) is 19.0 Å². The summed E-state index contributed by atoms with van der Waals surface area (Å²) in [6.45, 7) is 6.14. The largest absolute Gasteiger partial charge is 0.443 e. The number of hydrogen-bond acceptors (Lipinski definition) is 8. The lowest BCUT2D eigenvalue weighted by Crippen LogP contribution is -2.39. The van der Waals surface area contributed by atoms with Gasteiger partial charge in [0.2, 0.25) is 0 Å². The molecule has 4 aromatic rings. The van der Waals surface area contributed by atoms with Crippen LogP contribution in [0.2, 0.25) is 0 Å². The number of carbonyl (C=O) groups is 1. The molecule has 0 bridgehead atoms. The molecule has 2 aliphatic rings. The first kappa shape index (κ1) is 26.0. The van der Waals surface area contributed by atoms with E-state index in [1.165, 1.54) is 4.90 Å². The highest BCUT2D eigenvalue weighted by Crippen LogP contribution is 2.39. The standard InChI is InChI=1S/C28H33N9O3/c1-27(2,3)40-26(38)34(4)23-14-20(33-37(23)24-8-5-6-13-39-24)21-17-35-22(9-12-30-35)25(32-21)19-15-31-36(16-19)28(18-29)10-7-11-28/h9,12,14-17,24H,5-8,10-11,13H2,1-4H3. The van der Waals surface area contributed by atoms with E-state index in [9.17, 15) is 10.1 Å². The number of ether oxygens (including phenoxy) is 2. The fraction of sp³-hybridized carbons (Fsp3) is 0.500. The smallest absolute Gasteiger partial charge is 0.415 e. The molecular weight excluding hydrogens is 510 g/mol. The van der Waals surface area contributed by atoms with Gasteiger partial charge in [-0.1, -0.05) is 0 Å². The van der Waals surface area contributed by atoms with Gasteiger partial charge in [-0.3, -0.25) is 9.58 Å². The summed E-state index contributed by atoms with van der Waals surface area (Å²) in [5.74, 6) is 0.550. The number of rotatable bonds is 5. The second-order valence-corrected chi connectivity index (χ2v) is 11.5. The van der Waals surface area contributed by atoms with Gasteiger partial charge >= 0.3 is 6.09 Å².